The summed E-state index contributed by atoms with van der Waals surface area (Å²) in [6.45, 7) is 2.08. The van der Waals surface area contributed by atoms with Gasteiger partial charge in [0.1, 0.15) is 11.5 Å². The molecule has 19 heavy (non-hydrogen) atoms. The molecule has 0 saturated carbocycles. The monoisotopic (exact) mass is 339 g/mol. The van der Waals surface area contributed by atoms with Gasteiger partial charge in [-0.05, 0) is 55.9 Å². The summed E-state index contributed by atoms with van der Waals surface area (Å²) in [6.07, 6.45) is 0. The molecule has 0 amide bonds. The van der Waals surface area contributed by atoms with Crippen molar-refractivity contribution in [2.75, 3.05) is 7.05 Å². The molecule has 0 bridgehead atoms. The average molecular weight is 341 g/mol. The first-order chi connectivity index (χ1) is 9.10. The number of halogens is 2. The van der Waals surface area contributed by atoms with Crippen LogP contribution in [0.3, 0.4) is 0 Å². The van der Waals surface area contributed by atoms with Crippen molar-refractivity contribution in [2.24, 2.45) is 0 Å². The van der Waals surface area contributed by atoms with Crippen molar-refractivity contribution in [3.63, 3.8) is 0 Å². The zero-order chi connectivity index (χ0) is 13.8. The number of nitrogens with one attached hydrogen (secondary N) is 1. The number of benzene rings is 2. The number of hydrogen-bond acceptors (Lipinski definition) is 2. The van der Waals surface area contributed by atoms with Crippen LogP contribution in [0.25, 0.3) is 0 Å². The molecule has 0 heterocycles. The van der Waals surface area contributed by atoms with Gasteiger partial charge in [0, 0.05) is 10.5 Å². The van der Waals surface area contributed by atoms with Crippen LogP contribution in [0.15, 0.2) is 46.9 Å². The number of ether oxygens (including phenoxy) is 1. The van der Waals surface area contributed by atoms with E-state index in [1.807, 2.05) is 49.5 Å². The summed E-state index contributed by atoms with van der Waals surface area (Å²) in [5, 5.41) is 3.79. The first-order valence-electron chi connectivity index (χ1n) is 6.00. The van der Waals surface area contributed by atoms with Gasteiger partial charge < -0.3 is 10.1 Å². The van der Waals surface area contributed by atoms with E-state index in [1.54, 1.807) is 0 Å². The van der Waals surface area contributed by atoms with E-state index >= 15 is 0 Å². The topological polar surface area (TPSA) is 21.3 Å². The third-order valence-electron chi connectivity index (χ3n) is 2.93. The van der Waals surface area contributed by atoms with Gasteiger partial charge in [0.05, 0.1) is 5.02 Å². The molecule has 0 radical (unpaired) electrons. The maximum Gasteiger partial charge on any atom is 0.146 e. The zero-order valence-electron chi connectivity index (χ0n) is 10.8. The summed E-state index contributed by atoms with van der Waals surface area (Å²) in [7, 11) is 1.92. The Morgan fingerprint density at radius 1 is 1.16 bits per heavy atom. The second-order valence-electron chi connectivity index (χ2n) is 4.26. The highest BCUT2D eigenvalue weighted by molar-refractivity contribution is 9.10. The molecule has 0 spiro atoms. The van der Waals surface area contributed by atoms with Gasteiger partial charge in [0.2, 0.25) is 0 Å². The highest BCUT2D eigenvalue weighted by Gasteiger charge is 2.08. The van der Waals surface area contributed by atoms with Crippen LogP contribution in [-0.2, 0) is 0 Å². The molecule has 0 fully saturated rings. The summed E-state index contributed by atoms with van der Waals surface area (Å²) in [5.74, 6) is 1.43. The van der Waals surface area contributed by atoms with Crippen molar-refractivity contribution >= 4 is 27.5 Å². The first kappa shape index (κ1) is 14.4. The van der Waals surface area contributed by atoms with Crippen LogP contribution in [0.4, 0.5) is 0 Å². The van der Waals surface area contributed by atoms with Gasteiger partial charge in [-0.3, -0.25) is 0 Å². The summed E-state index contributed by atoms with van der Waals surface area (Å²) in [5.41, 5.74) is 1.13. The number of rotatable bonds is 4. The van der Waals surface area contributed by atoms with Crippen LogP contribution in [-0.4, -0.2) is 7.05 Å². The van der Waals surface area contributed by atoms with E-state index in [9.17, 15) is 0 Å². The molecular formula is C15H15BrClNO. The minimum Gasteiger partial charge on any atom is -0.456 e. The molecule has 1 atom stereocenters. The van der Waals surface area contributed by atoms with Crippen LogP contribution in [0.2, 0.25) is 5.02 Å². The fourth-order valence-electron chi connectivity index (χ4n) is 1.67. The molecule has 4 heteroatoms. The molecule has 0 saturated heterocycles. The van der Waals surface area contributed by atoms with Gasteiger partial charge in [-0.2, -0.15) is 0 Å². The van der Waals surface area contributed by atoms with Gasteiger partial charge >= 0.3 is 0 Å². The third-order valence-corrected chi connectivity index (χ3v) is 3.75. The lowest BCUT2D eigenvalue weighted by Crippen LogP contribution is -2.12. The SMILES string of the molecule is CNC(C)c1ccc(Oc2ccc(Br)cc2)c(Cl)c1. The van der Waals surface area contributed by atoms with Crippen molar-refractivity contribution in [1.29, 1.82) is 0 Å². The highest BCUT2D eigenvalue weighted by Crippen LogP contribution is 2.32. The predicted molar refractivity (Wildman–Crippen MR) is 83.1 cm³/mol. The average Bonchev–Trinajstić information content (AvgIpc) is 2.42. The Morgan fingerprint density at radius 3 is 2.42 bits per heavy atom. The third kappa shape index (κ3) is 3.72. The van der Waals surface area contributed by atoms with Crippen LogP contribution in [0, 0.1) is 0 Å². The first-order valence-corrected chi connectivity index (χ1v) is 7.17. The van der Waals surface area contributed by atoms with E-state index in [-0.39, 0.29) is 6.04 Å². The Bertz CT molecular complexity index is 557. The molecule has 1 N–H and O–H groups in total. The van der Waals surface area contributed by atoms with E-state index in [0.717, 1.165) is 15.8 Å². The van der Waals surface area contributed by atoms with Crippen molar-refractivity contribution in [3.05, 3.63) is 57.5 Å². The lowest BCUT2D eigenvalue weighted by molar-refractivity contribution is 0.482. The molecule has 0 aliphatic rings. The van der Waals surface area contributed by atoms with Gasteiger partial charge in [0.25, 0.3) is 0 Å². The van der Waals surface area contributed by atoms with Crippen molar-refractivity contribution in [3.8, 4) is 11.5 Å². The van der Waals surface area contributed by atoms with E-state index in [4.69, 9.17) is 16.3 Å². The maximum absolute atomic E-state index is 6.25. The summed E-state index contributed by atoms with van der Waals surface area (Å²) in [6, 6.07) is 13.8. The minimum absolute atomic E-state index is 0.263. The predicted octanol–water partition coefficient (Wildman–Crippen LogP) is 5.18. The van der Waals surface area contributed by atoms with Crippen LogP contribution < -0.4 is 10.1 Å². The standard InChI is InChI=1S/C15H15BrClNO/c1-10(18-2)11-3-8-15(14(17)9-11)19-13-6-4-12(16)5-7-13/h3-10,18H,1-2H3. The Morgan fingerprint density at radius 2 is 1.84 bits per heavy atom. The summed E-state index contributed by atoms with van der Waals surface area (Å²) < 4.78 is 6.78. The lowest BCUT2D eigenvalue weighted by atomic mass is 10.1. The molecule has 1 unspecified atom stereocenters. The summed E-state index contributed by atoms with van der Waals surface area (Å²) in [4.78, 5) is 0. The van der Waals surface area contributed by atoms with Gasteiger partial charge in [-0.15, -0.1) is 0 Å². The Labute approximate surface area is 126 Å². The Balaban J connectivity index is 2.19. The Hall–Kier alpha value is -1.03. The van der Waals surface area contributed by atoms with Crippen molar-refractivity contribution in [1.82, 2.24) is 5.32 Å². The molecule has 2 aromatic rings. The normalized spacial score (nSPS) is 12.2. The molecule has 2 rings (SSSR count). The zero-order valence-corrected chi connectivity index (χ0v) is 13.1. The minimum atomic E-state index is 0.263. The fraction of sp³-hybridized carbons (Fsp3) is 0.200. The smallest absolute Gasteiger partial charge is 0.146 e. The lowest BCUT2D eigenvalue weighted by Gasteiger charge is -2.13. The van der Waals surface area contributed by atoms with Gasteiger partial charge in [-0.25, -0.2) is 0 Å². The molecule has 2 aromatic carbocycles. The Kier molecular flexibility index (Phi) is 4.86. The molecule has 2 nitrogen and oxygen atoms in total. The van der Waals surface area contributed by atoms with Crippen LogP contribution in [0.5, 0.6) is 11.5 Å². The van der Waals surface area contributed by atoms with Gasteiger partial charge in [0.15, 0.2) is 0 Å². The maximum atomic E-state index is 6.25. The summed E-state index contributed by atoms with van der Waals surface area (Å²) >= 11 is 9.64. The van der Waals surface area contributed by atoms with E-state index in [0.29, 0.717) is 10.8 Å². The molecule has 0 aliphatic heterocycles. The van der Waals surface area contributed by atoms with E-state index < -0.39 is 0 Å². The number of hydrogen-bond donors (Lipinski definition) is 1. The molecule has 0 aromatic heterocycles. The van der Waals surface area contributed by atoms with E-state index in [2.05, 4.69) is 28.2 Å². The highest BCUT2D eigenvalue weighted by atomic mass is 79.9. The quantitative estimate of drug-likeness (QED) is 0.828. The molecular weight excluding hydrogens is 326 g/mol. The van der Waals surface area contributed by atoms with Crippen LogP contribution in [0.1, 0.15) is 18.5 Å². The molecule has 0 aliphatic carbocycles. The van der Waals surface area contributed by atoms with Crippen molar-refractivity contribution in [2.45, 2.75) is 13.0 Å². The van der Waals surface area contributed by atoms with Crippen molar-refractivity contribution < 1.29 is 4.74 Å². The second-order valence-corrected chi connectivity index (χ2v) is 5.58. The largest absolute Gasteiger partial charge is 0.456 e. The second kappa shape index (κ2) is 6.42. The fourth-order valence-corrected chi connectivity index (χ4v) is 2.16. The van der Waals surface area contributed by atoms with Gasteiger partial charge in [-0.1, -0.05) is 33.6 Å². The van der Waals surface area contributed by atoms with Crippen LogP contribution >= 0.6 is 27.5 Å². The molecule has 100 valence electrons. The van der Waals surface area contributed by atoms with E-state index in [1.165, 1.54) is 0 Å².